The number of nitrogens with one attached hydrogen (secondary N) is 1. The lowest BCUT2D eigenvalue weighted by Gasteiger charge is -2.30. The maximum atomic E-state index is 13.2. The Hall–Kier alpha value is -6.49. The number of rotatable bonds is 14. The molecule has 304 valence electrons. The summed E-state index contributed by atoms with van der Waals surface area (Å²) >= 11 is 0. The Balaban J connectivity index is 0.977. The number of benzene rings is 4. The molecule has 1 aromatic heterocycles. The fraction of sp³-hybridized carbons (Fsp3) is 0.312. The van der Waals surface area contributed by atoms with Crippen molar-refractivity contribution in [3.8, 4) is 11.1 Å². The fourth-order valence-corrected chi connectivity index (χ4v) is 8.20. The Labute approximate surface area is 343 Å². The van der Waals surface area contributed by atoms with Gasteiger partial charge in [0, 0.05) is 42.3 Å². The molecule has 0 radical (unpaired) electrons. The molecular weight excluding hydrogens is 747 g/mol. The van der Waals surface area contributed by atoms with Gasteiger partial charge < -0.3 is 29.6 Å². The van der Waals surface area contributed by atoms with Crippen LogP contribution in [0.3, 0.4) is 0 Å². The van der Waals surface area contributed by atoms with Crippen molar-refractivity contribution in [1.82, 2.24) is 9.88 Å². The third-order valence-electron chi connectivity index (χ3n) is 10.9. The van der Waals surface area contributed by atoms with Gasteiger partial charge in [0.05, 0.1) is 17.0 Å². The van der Waals surface area contributed by atoms with Gasteiger partial charge in [0.1, 0.15) is 31.6 Å². The zero-order valence-electron chi connectivity index (χ0n) is 33.7. The van der Waals surface area contributed by atoms with Gasteiger partial charge in [-0.05, 0) is 69.3 Å². The first-order valence-corrected chi connectivity index (χ1v) is 19.9. The molecular formula is C48H49N3O8. The molecule has 0 spiro atoms. The van der Waals surface area contributed by atoms with Crippen molar-refractivity contribution in [2.75, 3.05) is 6.61 Å². The van der Waals surface area contributed by atoms with E-state index in [4.69, 9.17) is 14.5 Å². The van der Waals surface area contributed by atoms with Crippen LogP contribution >= 0.6 is 0 Å². The Morgan fingerprint density at radius 2 is 1.53 bits per heavy atom. The molecule has 0 aliphatic heterocycles. The number of aromatic nitrogens is 1. The number of para-hydroxylation sites is 1. The summed E-state index contributed by atoms with van der Waals surface area (Å²) in [4.78, 5) is 56.5. The summed E-state index contributed by atoms with van der Waals surface area (Å²) in [6, 6.07) is 29.2. The van der Waals surface area contributed by atoms with Crippen molar-refractivity contribution in [2.45, 2.75) is 78.5 Å². The van der Waals surface area contributed by atoms with Crippen LogP contribution in [0, 0.1) is 11.3 Å². The number of allylic oxidation sites excluding steroid dienone is 2. The number of aliphatic imine (C=N–C) groups is 1. The Bertz CT molecular complexity index is 2430. The van der Waals surface area contributed by atoms with Crippen LogP contribution in [0.1, 0.15) is 75.1 Å². The van der Waals surface area contributed by atoms with Gasteiger partial charge in [0.15, 0.2) is 5.78 Å². The molecule has 1 atom stereocenters. The smallest absolute Gasteiger partial charge is 0.407 e. The van der Waals surface area contributed by atoms with E-state index < -0.39 is 24.1 Å². The zero-order chi connectivity index (χ0) is 41.8. The van der Waals surface area contributed by atoms with Gasteiger partial charge in [0.2, 0.25) is 0 Å². The van der Waals surface area contributed by atoms with E-state index in [-0.39, 0.29) is 55.0 Å². The number of carboxylic acids is 1. The number of Topliss-reactive ketones (excluding diaryl/α,β-unsaturated/α-hetero) is 1. The number of aliphatic hydroxyl groups is 1. The number of aliphatic carboxylic acids is 1. The van der Waals surface area contributed by atoms with Crippen LogP contribution in [-0.2, 0) is 43.4 Å². The number of esters is 1. The molecule has 0 bridgehead atoms. The predicted octanol–water partition coefficient (Wildman–Crippen LogP) is 9.24. The third-order valence-corrected chi connectivity index (χ3v) is 10.9. The Morgan fingerprint density at radius 1 is 0.881 bits per heavy atom. The van der Waals surface area contributed by atoms with Crippen LogP contribution in [0.15, 0.2) is 120 Å². The number of hydrogen-bond donors (Lipinski definition) is 3. The van der Waals surface area contributed by atoms with Crippen LogP contribution < -0.4 is 5.32 Å². The van der Waals surface area contributed by atoms with E-state index in [0.717, 1.165) is 33.2 Å². The van der Waals surface area contributed by atoms with E-state index in [1.165, 1.54) is 0 Å². The molecule has 5 aromatic rings. The molecule has 4 aromatic carbocycles. The minimum absolute atomic E-state index is 0.0123. The molecule has 3 N–H and O–H groups in total. The average molecular weight is 796 g/mol. The van der Waals surface area contributed by atoms with E-state index in [9.17, 15) is 29.4 Å². The van der Waals surface area contributed by atoms with Gasteiger partial charge in [0.25, 0.3) is 0 Å². The fourth-order valence-electron chi connectivity index (χ4n) is 8.20. The van der Waals surface area contributed by atoms with E-state index in [1.54, 1.807) is 35.0 Å². The summed E-state index contributed by atoms with van der Waals surface area (Å²) < 4.78 is 13.0. The first-order chi connectivity index (χ1) is 28.3. The highest BCUT2D eigenvalue weighted by atomic mass is 16.5. The van der Waals surface area contributed by atoms with E-state index >= 15 is 0 Å². The average Bonchev–Trinajstić information content (AvgIpc) is 3.70. The topological polar surface area (TPSA) is 157 Å². The number of amides is 1. The minimum atomic E-state index is -1.29. The molecule has 7 rings (SSSR count). The quantitative estimate of drug-likeness (QED) is 0.0742. The van der Waals surface area contributed by atoms with Crippen LogP contribution in [0.5, 0.6) is 0 Å². The summed E-state index contributed by atoms with van der Waals surface area (Å²) in [6.07, 6.45) is 2.14. The van der Waals surface area contributed by atoms with E-state index in [2.05, 4.69) is 5.32 Å². The minimum Gasteiger partial charge on any atom is -0.511 e. The second-order valence-corrected chi connectivity index (χ2v) is 16.6. The number of carbonyl (C=O) groups excluding carboxylic acids is 3. The van der Waals surface area contributed by atoms with Gasteiger partial charge >= 0.3 is 18.0 Å². The summed E-state index contributed by atoms with van der Waals surface area (Å²) in [7, 11) is 0. The number of ketones is 1. The van der Waals surface area contributed by atoms with Crippen LogP contribution in [0.4, 0.5) is 10.5 Å². The maximum Gasteiger partial charge on any atom is 0.407 e. The van der Waals surface area contributed by atoms with Crippen molar-refractivity contribution in [3.63, 3.8) is 0 Å². The van der Waals surface area contributed by atoms with Gasteiger partial charge in [-0.25, -0.2) is 9.59 Å². The van der Waals surface area contributed by atoms with Gasteiger partial charge in [-0.15, -0.1) is 0 Å². The van der Waals surface area contributed by atoms with Crippen molar-refractivity contribution in [2.24, 2.45) is 16.3 Å². The lowest BCUT2D eigenvalue weighted by molar-refractivity contribution is -0.145. The van der Waals surface area contributed by atoms with Gasteiger partial charge in [-0.1, -0.05) is 107 Å². The number of carbonyl (C=O) groups is 4. The lowest BCUT2D eigenvalue weighted by atomic mass is 9.75. The molecule has 1 heterocycles. The van der Waals surface area contributed by atoms with E-state index in [1.807, 2.05) is 100 Å². The van der Waals surface area contributed by atoms with Crippen molar-refractivity contribution >= 4 is 46.1 Å². The lowest BCUT2D eigenvalue weighted by Crippen LogP contribution is -2.42. The number of carboxylic acid groups (broad SMARTS) is 1. The first-order valence-electron chi connectivity index (χ1n) is 19.9. The number of alkyl carbamates (subject to hydrolysis) is 1. The van der Waals surface area contributed by atoms with Gasteiger partial charge in [-0.3, -0.25) is 14.6 Å². The summed E-state index contributed by atoms with van der Waals surface area (Å²) in [5.41, 5.74) is 7.57. The number of ether oxygens (including phenoxy) is 2. The Morgan fingerprint density at radius 3 is 2.17 bits per heavy atom. The summed E-state index contributed by atoms with van der Waals surface area (Å²) in [6.45, 7) is 7.96. The highest BCUT2D eigenvalue weighted by molar-refractivity contribution is 6.23. The summed E-state index contributed by atoms with van der Waals surface area (Å²) in [5, 5.41) is 24.3. The van der Waals surface area contributed by atoms with Crippen molar-refractivity contribution in [1.29, 1.82) is 0 Å². The highest BCUT2D eigenvalue weighted by Gasteiger charge is 2.35. The third kappa shape index (κ3) is 9.30. The largest absolute Gasteiger partial charge is 0.511 e. The van der Waals surface area contributed by atoms with Crippen molar-refractivity contribution in [3.05, 3.63) is 137 Å². The number of aliphatic hydroxyl groups excluding tert-OH is 1. The molecule has 11 nitrogen and oxygen atoms in total. The predicted molar refractivity (Wildman–Crippen MR) is 226 cm³/mol. The maximum absolute atomic E-state index is 13.2. The first kappa shape index (κ1) is 40.7. The molecule has 0 fully saturated rings. The van der Waals surface area contributed by atoms with Crippen LogP contribution in [0.2, 0.25) is 0 Å². The van der Waals surface area contributed by atoms with E-state index in [0.29, 0.717) is 47.3 Å². The highest BCUT2D eigenvalue weighted by Crippen LogP contribution is 2.44. The molecule has 0 saturated heterocycles. The molecule has 2 aliphatic carbocycles. The second-order valence-electron chi connectivity index (χ2n) is 16.6. The normalized spacial score (nSPS) is 15.5. The standard InChI is InChI=1S/C48H49N3O8/c1-29(2)21-39(45-42(52)23-48(3,4)24-43(45)53)49-32-19-17-30(18-20-32)27-58-44(54)26-51-25-31(33-11-9-10-16-41(33)51)22-40(46(55)56)50-47(57)59-28-38-36-14-7-5-12-34(36)35-13-6-8-15-37(35)38/h5-20,25,29,38,40,52H,21-24,26-28H2,1-4H3,(H,50,57)(H,55,56)/t40-/m0/s1. The SMILES string of the molecule is CC(C)CC(=Nc1ccc(COC(=O)Cn2cc(C[C@H](NC(=O)OCC3c4ccccc4-c4ccccc43)C(=O)O)c3ccccc32)cc1)C1=C(O)CC(C)(C)CC1=O. The number of nitrogens with zero attached hydrogens (tertiary/aromatic N) is 2. The van der Waals surface area contributed by atoms with Crippen LogP contribution in [-0.4, -0.2) is 57.0 Å². The second kappa shape index (κ2) is 17.2. The van der Waals surface area contributed by atoms with Crippen LogP contribution in [0.25, 0.3) is 22.0 Å². The molecule has 0 saturated carbocycles. The van der Waals surface area contributed by atoms with Crippen molar-refractivity contribution < 1.29 is 38.9 Å². The molecule has 1 amide bonds. The molecule has 2 aliphatic rings. The monoisotopic (exact) mass is 795 g/mol. The summed E-state index contributed by atoms with van der Waals surface area (Å²) in [5.74, 6) is -1.68. The molecule has 0 unspecified atom stereocenters. The zero-order valence-corrected chi connectivity index (χ0v) is 33.7. The molecule has 11 heteroatoms. The molecule has 59 heavy (non-hydrogen) atoms. The van der Waals surface area contributed by atoms with Gasteiger partial charge in [-0.2, -0.15) is 0 Å². The Kier molecular flexibility index (Phi) is 11.8. The number of fused-ring (bicyclic) bond motifs is 4. The number of hydrogen-bond acceptors (Lipinski definition) is 8.